The Labute approximate surface area is 163 Å². The molecule has 0 aromatic heterocycles. The predicted octanol–water partition coefficient (Wildman–Crippen LogP) is 6.41. The minimum absolute atomic E-state index is 0. The average Bonchev–Trinajstić information content (AvgIpc) is 3.16. The summed E-state index contributed by atoms with van der Waals surface area (Å²) in [6, 6.07) is 29.3. The summed E-state index contributed by atoms with van der Waals surface area (Å²) < 4.78 is 0. The Balaban J connectivity index is 0.000000341. The number of rotatable bonds is 0. The van der Waals surface area contributed by atoms with Gasteiger partial charge in [0.1, 0.15) is 0 Å². The summed E-state index contributed by atoms with van der Waals surface area (Å²) in [5.74, 6) is 0. The number of fused-ring (bicyclic) bond motifs is 2. The molecular formula is C22H26SiTi. The van der Waals surface area contributed by atoms with E-state index in [-0.39, 0.29) is 37.9 Å². The van der Waals surface area contributed by atoms with E-state index in [0.717, 1.165) is 0 Å². The third-order valence-electron chi connectivity index (χ3n) is 3.10. The Kier molecular flexibility index (Phi) is 11.3. The van der Waals surface area contributed by atoms with E-state index < -0.39 is 0 Å². The first-order chi connectivity index (χ1) is 10.7. The SMILES string of the molecule is [CH2-][SiH](C)C.[CH3-].[Ti+4].c1ccc2[cH-]ccc2c1.c1ccc2[cH-]ccc2c1. The van der Waals surface area contributed by atoms with Crippen molar-refractivity contribution in [3.8, 4) is 0 Å². The summed E-state index contributed by atoms with van der Waals surface area (Å²) in [4.78, 5) is 0. The van der Waals surface area contributed by atoms with Gasteiger partial charge in [0.05, 0.1) is 0 Å². The van der Waals surface area contributed by atoms with Crippen LogP contribution in [0.25, 0.3) is 21.5 Å². The summed E-state index contributed by atoms with van der Waals surface area (Å²) in [6.45, 7) is 8.17. The Bertz CT molecular complexity index is 666. The maximum atomic E-state index is 3.78. The van der Waals surface area contributed by atoms with Gasteiger partial charge in [0.2, 0.25) is 0 Å². The van der Waals surface area contributed by atoms with Gasteiger partial charge in [-0.15, -0.1) is 68.1 Å². The van der Waals surface area contributed by atoms with E-state index in [0.29, 0.717) is 0 Å². The Morgan fingerprint density at radius 1 is 0.708 bits per heavy atom. The van der Waals surface area contributed by atoms with Gasteiger partial charge in [-0.25, -0.2) is 0 Å². The van der Waals surface area contributed by atoms with Gasteiger partial charge in [-0.2, -0.15) is 35.0 Å². The zero-order valence-corrected chi connectivity index (χ0v) is 17.6. The van der Waals surface area contributed by atoms with Crippen molar-refractivity contribution in [2.45, 2.75) is 13.1 Å². The van der Waals surface area contributed by atoms with Gasteiger partial charge in [0, 0.05) is 0 Å². The van der Waals surface area contributed by atoms with Crippen molar-refractivity contribution >= 4 is 30.3 Å². The van der Waals surface area contributed by atoms with E-state index in [9.17, 15) is 0 Å². The first-order valence-electron chi connectivity index (χ1n) is 7.71. The molecule has 122 valence electrons. The Morgan fingerprint density at radius 3 is 1.38 bits per heavy atom. The molecule has 0 atom stereocenters. The average molecular weight is 366 g/mol. The van der Waals surface area contributed by atoms with E-state index in [1.807, 2.05) is 0 Å². The fraction of sp³-hybridized carbons (Fsp3) is 0.0909. The van der Waals surface area contributed by atoms with E-state index in [2.05, 4.69) is 105 Å². The van der Waals surface area contributed by atoms with E-state index in [1.54, 1.807) is 0 Å². The predicted molar refractivity (Wildman–Crippen MR) is 110 cm³/mol. The molecule has 0 aliphatic heterocycles. The van der Waals surface area contributed by atoms with Gasteiger partial charge in [-0.05, 0) is 0 Å². The number of benzene rings is 2. The van der Waals surface area contributed by atoms with Crippen molar-refractivity contribution in [2.24, 2.45) is 0 Å². The van der Waals surface area contributed by atoms with Gasteiger partial charge >= 0.3 is 21.7 Å². The summed E-state index contributed by atoms with van der Waals surface area (Å²) in [7, 11) is -0.389. The third-order valence-corrected chi connectivity index (χ3v) is 3.10. The van der Waals surface area contributed by atoms with Crippen LogP contribution in [0.15, 0.2) is 84.9 Å². The van der Waals surface area contributed by atoms with Gasteiger partial charge in [0.25, 0.3) is 0 Å². The van der Waals surface area contributed by atoms with Gasteiger partial charge in [-0.3, -0.25) is 0 Å². The molecule has 4 rings (SSSR count). The molecule has 0 aliphatic rings. The standard InChI is InChI=1S/2C9H7.C3H9Si.CH3.Ti/c2*1-2-5-9-7-3-6-8(9)4-1;1-4(2)3;;/h2*1-7H;4H,1H2,2-3H3;1H3;/q4*-1;+4. The van der Waals surface area contributed by atoms with Crippen molar-refractivity contribution in [3.05, 3.63) is 98.9 Å². The van der Waals surface area contributed by atoms with Crippen molar-refractivity contribution < 1.29 is 21.7 Å². The molecule has 0 heterocycles. The molecule has 2 heteroatoms. The first-order valence-corrected chi connectivity index (χ1v) is 10.8. The fourth-order valence-corrected chi connectivity index (χ4v) is 2.14. The summed E-state index contributed by atoms with van der Waals surface area (Å²) in [5, 5.41) is 5.32. The zero-order chi connectivity index (χ0) is 15.8. The van der Waals surface area contributed by atoms with Crippen LogP contribution in [0.2, 0.25) is 13.1 Å². The van der Waals surface area contributed by atoms with Crippen molar-refractivity contribution in [1.29, 1.82) is 0 Å². The Hall–Kier alpha value is -1.41. The third kappa shape index (κ3) is 7.44. The normalized spacial score (nSPS) is 9.17. The van der Waals surface area contributed by atoms with Crippen molar-refractivity contribution in [2.75, 3.05) is 0 Å². The van der Waals surface area contributed by atoms with Crippen LogP contribution >= 0.6 is 0 Å². The van der Waals surface area contributed by atoms with Gasteiger partial charge in [-0.1, -0.05) is 25.2 Å². The molecule has 24 heavy (non-hydrogen) atoms. The molecule has 4 aromatic rings. The van der Waals surface area contributed by atoms with E-state index in [4.69, 9.17) is 0 Å². The molecule has 0 radical (unpaired) electrons. The Morgan fingerprint density at radius 2 is 1.04 bits per heavy atom. The van der Waals surface area contributed by atoms with Crippen LogP contribution in [0.1, 0.15) is 0 Å². The van der Waals surface area contributed by atoms with Crippen LogP contribution in [0.4, 0.5) is 0 Å². The van der Waals surface area contributed by atoms with Crippen LogP contribution < -0.4 is 0 Å². The second kappa shape index (κ2) is 12.0. The smallest absolute Gasteiger partial charge is 0.358 e. The van der Waals surface area contributed by atoms with Crippen molar-refractivity contribution in [1.82, 2.24) is 0 Å². The van der Waals surface area contributed by atoms with Crippen LogP contribution in [-0.4, -0.2) is 8.80 Å². The van der Waals surface area contributed by atoms with Gasteiger partial charge in [0.15, 0.2) is 0 Å². The molecule has 4 aromatic carbocycles. The van der Waals surface area contributed by atoms with E-state index in [1.165, 1.54) is 21.5 Å². The fourth-order valence-electron chi connectivity index (χ4n) is 2.14. The van der Waals surface area contributed by atoms with Crippen LogP contribution in [0.5, 0.6) is 0 Å². The first kappa shape index (κ1) is 22.6. The maximum Gasteiger partial charge on any atom is 4.00 e. The van der Waals surface area contributed by atoms with Crippen molar-refractivity contribution in [3.63, 3.8) is 0 Å². The van der Waals surface area contributed by atoms with Crippen LogP contribution in [0.3, 0.4) is 0 Å². The molecule has 0 bridgehead atoms. The molecule has 0 amide bonds. The minimum Gasteiger partial charge on any atom is -0.358 e. The second-order valence-electron chi connectivity index (χ2n) is 5.70. The molecular weight excluding hydrogens is 340 g/mol. The molecule has 0 nitrogen and oxygen atoms in total. The largest absolute Gasteiger partial charge is 4.00 e. The number of hydrogen-bond acceptors (Lipinski definition) is 0. The molecule has 0 fully saturated rings. The minimum atomic E-state index is -0.389. The topological polar surface area (TPSA) is 0 Å². The summed E-state index contributed by atoms with van der Waals surface area (Å²) >= 11 is 0. The van der Waals surface area contributed by atoms with Crippen LogP contribution in [-0.2, 0) is 21.7 Å². The molecule has 0 saturated carbocycles. The summed E-state index contributed by atoms with van der Waals surface area (Å²) in [5.41, 5.74) is 0. The summed E-state index contributed by atoms with van der Waals surface area (Å²) in [6.07, 6.45) is 0. The zero-order valence-electron chi connectivity index (χ0n) is 14.9. The molecule has 0 unspecified atom stereocenters. The van der Waals surface area contributed by atoms with Gasteiger partial charge < -0.3 is 14.0 Å². The monoisotopic (exact) mass is 366 g/mol. The second-order valence-corrected chi connectivity index (χ2v) is 8.49. The van der Waals surface area contributed by atoms with E-state index >= 15 is 0 Å². The molecule has 0 aliphatic carbocycles. The quantitative estimate of drug-likeness (QED) is 0.249. The van der Waals surface area contributed by atoms with Crippen LogP contribution in [0, 0.1) is 14.0 Å². The number of hydrogen-bond donors (Lipinski definition) is 0. The molecule has 0 N–H and O–H groups in total. The molecule has 0 saturated heterocycles. The maximum absolute atomic E-state index is 3.78. The molecule has 0 spiro atoms.